The Hall–Kier alpha value is -1.91. The molecular weight excluding hydrogens is 263 g/mol. The fourth-order valence-corrected chi connectivity index (χ4v) is 2.48. The molecule has 20 heavy (non-hydrogen) atoms. The largest absolute Gasteiger partial charge is 0.481 e. The van der Waals surface area contributed by atoms with Crippen LogP contribution in [0.2, 0.25) is 0 Å². The first kappa shape index (κ1) is 14.5. The van der Waals surface area contributed by atoms with Gasteiger partial charge in [0.25, 0.3) is 0 Å². The van der Waals surface area contributed by atoms with Crippen molar-refractivity contribution in [3.63, 3.8) is 0 Å². The Kier molecular flexibility index (Phi) is 4.06. The zero-order valence-corrected chi connectivity index (χ0v) is 11.5. The van der Waals surface area contributed by atoms with Crippen LogP contribution in [0.4, 0.5) is 4.39 Å². The van der Waals surface area contributed by atoms with Crippen LogP contribution in [0, 0.1) is 18.7 Å². The summed E-state index contributed by atoms with van der Waals surface area (Å²) in [6.45, 7) is 1.51. The van der Waals surface area contributed by atoms with Gasteiger partial charge in [-0.15, -0.1) is 0 Å². The highest BCUT2D eigenvalue weighted by Gasteiger charge is 2.34. The van der Waals surface area contributed by atoms with Gasteiger partial charge in [-0.05, 0) is 54.9 Å². The molecule has 1 aromatic carbocycles. The van der Waals surface area contributed by atoms with Gasteiger partial charge in [-0.3, -0.25) is 4.79 Å². The number of hydrogen-bond acceptors (Lipinski definition) is 3. The number of methoxy groups -OCH3 is 1. The third-order valence-corrected chi connectivity index (χ3v) is 3.79. The highest BCUT2D eigenvalue weighted by atomic mass is 19.1. The first-order valence-electron chi connectivity index (χ1n) is 6.54. The number of carbonyl (C=O) groups excluding carboxylic acids is 1. The molecule has 1 unspecified atom stereocenters. The van der Waals surface area contributed by atoms with Crippen molar-refractivity contribution in [3.05, 3.63) is 34.6 Å². The minimum atomic E-state index is -0.914. The first-order chi connectivity index (χ1) is 9.43. The molecule has 1 fully saturated rings. The number of esters is 1. The van der Waals surface area contributed by atoms with E-state index in [9.17, 15) is 14.0 Å². The number of carbonyl (C=O) groups is 2. The maximum Gasteiger partial charge on any atom is 0.338 e. The third-order valence-electron chi connectivity index (χ3n) is 3.79. The van der Waals surface area contributed by atoms with Crippen molar-refractivity contribution in [2.24, 2.45) is 5.92 Å². The second-order valence-corrected chi connectivity index (χ2v) is 5.21. The molecule has 0 heterocycles. The van der Waals surface area contributed by atoms with Gasteiger partial charge in [0.05, 0.1) is 19.1 Å². The summed E-state index contributed by atoms with van der Waals surface area (Å²) in [5.74, 6) is -2.00. The van der Waals surface area contributed by atoms with Gasteiger partial charge in [-0.2, -0.15) is 0 Å². The van der Waals surface area contributed by atoms with Gasteiger partial charge in [-0.25, -0.2) is 9.18 Å². The van der Waals surface area contributed by atoms with Crippen LogP contribution < -0.4 is 0 Å². The van der Waals surface area contributed by atoms with Gasteiger partial charge in [0.15, 0.2) is 0 Å². The van der Waals surface area contributed by atoms with E-state index >= 15 is 0 Å². The van der Waals surface area contributed by atoms with Crippen molar-refractivity contribution in [1.82, 2.24) is 0 Å². The second-order valence-electron chi connectivity index (χ2n) is 5.21. The molecule has 1 N–H and O–H groups in total. The summed E-state index contributed by atoms with van der Waals surface area (Å²) in [4.78, 5) is 22.6. The summed E-state index contributed by atoms with van der Waals surface area (Å²) in [7, 11) is 1.24. The molecule has 4 nitrogen and oxygen atoms in total. The Labute approximate surface area is 116 Å². The molecule has 0 aliphatic heterocycles. The lowest BCUT2D eigenvalue weighted by Gasteiger charge is -2.17. The molecule has 1 aromatic rings. The molecule has 1 aliphatic rings. The van der Waals surface area contributed by atoms with Gasteiger partial charge in [0.2, 0.25) is 0 Å². The molecular formula is C15H17FO4. The Morgan fingerprint density at radius 3 is 2.60 bits per heavy atom. The molecule has 0 radical (unpaired) electrons. The second kappa shape index (κ2) is 5.61. The number of halogens is 1. The van der Waals surface area contributed by atoms with Crippen molar-refractivity contribution < 1.29 is 23.8 Å². The third kappa shape index (κ3) is 2.98. The van der Waals surface area contributed by atoms with Crippen LogP contribution in [0.3, 0.4) is 0 Å². The number of ether oxygens (including phenoxy) is 1. The van der Waals surface area contributed by atoms with Crippen molar-refractivity contribution in [2.45, 2.75) is 32.1 Å². The summed E-state index contributed by atoms with van der Waals surface area (Å²) in [5, 5.41) is 8.99. The van der Waals surface area contributed by atoms with Crippen LogP contribution in [0.5, 0.6) is 0 Å². The summed E-state index contributed by atoms with van der Waals surface area (Å²) >= 11 is 0. The zero-order chi connectivity index (χ0) is 14.9. The highest BCUT2D eigenvalue weighted by molar-refractivity contribution is 5.91. The molecule has 1 aliphatic carbocycles. The summed E-state index contributed by atoms with van der Waals surface area (Å²) < 4.78 is 18.6. The van der Waals surface area contributed by atoms with Crippen LogP contribution in [-0.4, -0.2) is 24.2 Å². The summed E-state index contributed by atoms with van der Waals surface area (Å²) in [6, 6.07) is 2.91. The van der Waals surface area contributed by atoms with Crippen LogP contribution in [0.25, 0.3) is 0 Å². The van der Waals surface area contributed by atoms with Crippen LogP contribution in [0.1, 0.15) is 46.7 Å². The van der Waals surface area contributed by atoms with E-state index in [1.54, 1.807) is 6.07 Å². The molecule has 5 heteroatoms. The van der Waals surface area contributed by atoms with Crippen LogP contribution in [-0.2, 0) is 9.53 Å². The van der Waals surface area contributed by atoms with Crippen LogP contribution in [0.15, 0.2) is 12.1 Å². The molecule has 108 valence electrons. The molecule has 0 amide bonds. The van der Waals surface area contributed by atoms with Gasteiger partial charge in [0, 0.05) is 0 Å². The monoisotopic (exact) mass is 280 g/mol. The van der Waals surface area contributed by atoms with Gasteiger partial charge >= 0.3 is 11.9 Å². The first-order valence-corrected chi connectivity index (χ1v) is 6.54. The predicted molar refractivity (Wildman–Crippen MR) is 70.2 cm³/mol. The summed E-state index contributed by atoms with van der Waals surface area (Å²) in [5.41, 5.74) is 0.961. The van der Waals surface area contributed by atoms with E-state index in [0.29, 0.717) is 5.56 Å². The quantitative estimate of drug-likeness (QED) is 0.842. The number of rotatable bonds is 5. The Morgan fingerprint density at radius 2 is 2.10 bits per heavy atom. The molecule has 2 rings (SSSR count). The maximum atomic E-state index is 14.0. The normalized spacial score (nSPS) is 15.8. The Morgan fingerprint density at radius 1 is 1.45 bits per heavy atom. The lowest BCUT2D eigenvalue weighted by molar-refractivity contribution is -0.137. The Balaban J connectivity index is 2.42. The standard InChI is InChI=1S/C15H17FO4/c1-8-11(15(19)20-2)5-10(6-13(8)16)12(7-14(17)18)9-3-4-9/h5-6,9,12H,3-4,7H2,1-2H3,(H,17,18). The van der Waals surface area contributed by atoms with E-state index in [0.717, 1.165) is 12.8 Å². The average molecular weight is 280 g/mol. The minimum Gasteiger partial charge on any atom is -0.481 e. The minimum absolute atomic E-state index is 0.0478. The lowest BCUT2D eigenvalue weighted by Crippen LogP contribution is -2.12. The molecule has 0 bridgehead atoms. The molecule has 0 spiro atoms. The van der Waals surface area contributed by atoms with E-state index in [1.165, 1.54) is 20.1 Å². The van der Waals surface area contributed by atoms with Crippen molar-refractivity contribution in [1.29, 1.82) is 0 Å². The molecule has 0 aromatic heterocycles. The van der Waals surface area contributed by atoms with Gasteiger partial charge in [-0.1, -0.05) is 0 Å². The van der Waals surface area contributed by atoms with E-state index in [2.05, 4.69) is 4.74 Å². The smallest absolute Gasteiger partial charge is 0.338 e. The number of aliphatic carboxylic acids is 1. The van der Waals surface area contributed by atoms with Crippen molar-refractivity contribution in [3.8, 4) is 0 Å². The number of carboxylic acid groups (broad SMARTS) is 1. The summed E-state index contributed by atoms with van der Waals surface area (Å²) in [6.07, 6.45) is 1.84. The SMILES string of the molecule is COC(=O)c1cc(C(CC(=O)O)C2CC2)cc(F)c1C. The maximum absolute atomic E-state index is 14.0. The van der Waals surface area contributed by atoms with E-state index in [4.69, 9.17) is 5.11 Å². The molecule has 1 atom stereocenters. The van der Waals surface area contributed by atoms with Crippen LogP contribution >= 0.6 is 0 Å². The Bertz CT molecular complexity index is 549. The zero-order valence-electron chi connectivity index (χ0n) is 11.5. The average Bonchev–Trinajstić information content (AvgIpc) is 3.22. The highest BCUT2D eigenvalue weighted by Crippen LogP contribution is 2.45. The topological polar surface area (TPSA) is 63.6 Å². The van der Waals surface area contributed by atoms with Crippen molar-refractivity contribution in [2.75, 3.05) is 7.11 Å². The predicted octanol–water partition coefficient (Wildman–Crippen LogP) is 2.89. The number of carboxylic acids is 1. The van der Waals surface area contributed by atoms with Gasteiger partial charge in [0.1, 0.15) is 5.82 Å². The number of benzene rings is 1. The van der Waals surface area contributed by atoms with E-state index in [1.807, 2.05) is 0 Å². The fourth-order valence-electron chi connectivity index (χ4n) is 2.48. The lowest BCUT2D eigenvalue weighted by atomic mass is 9.88. The number of hydrogen-bond donors (Lipinski definition) is 1. The molecule has 1 saturated carbocycles. The molecule has 0 saturated heterocycles. The van der Waals surface area contributed by atoms with Gasteiger partial charge < -0.3 is 9.84 Å². The van der Waals surface area contributed by atoms with Crippen molar-refractivity contribution >= 4 is 11.9 Å². The fraction of sp³-hybridized carbons (Fsp3) is 0.467. The van der Waals surface area contributed by atoms with E-state index < -0.39 is 17.8 Å². The van der Waals surface area contributed by atoms with E-state index in [-0.39, 0.29) is 29.4 Å².